The van der Waals surface area contributed by atoms with Crippen LogP contribution < -0.4 is 0 Å². The van der Waals surface area contributed by atoms with Crippen LogP contribution in [-0.2, 0) is 12.8 Å². The van der Waals surface area contributed by atoms with Gasteiger partial charge in [0.1, 0.15) is 5.69 Å². The quantitative estimate of drug-likeness (QED) is 0.852. The summed E-state index contributed by atoms with van der Waals surface area (Å²) in [6, 6.07) is 12.0. The van der Waals surface area contributed by atoms with Crippen molar-refractivity contribution in [3.63, 3.8) is 0 Å². The summed E-state index contributed by atoms with van der Waals surface area (Å²) in [7, 11) is 1.85. The standard InChI is InChI=1S/C17H17ClN2O/c1-20(17(21)16-11-14(18)8-9-19-16)15-7-6-12-4-2-3-5-13(12)10-15/h2-5,8-9,11,15H,6-7,10H2,1H3/t15-/m1/s1. The summed E-state index contributed by atoms with van der Waals surface area (Å²) in [5, 5.41) is 0.538. The second-order valence-electron chi connectivity index (χ2n) is 5.44. The zero-order valence-electron chi connectivity index (χ0n) is 11.9. The Morgan fingerprint density at radius 3 is 2.81 bits per heavy atom. The molecule has 0 saturated heterocycles. The molecule has 1 aliphatic carbocycles. The summed E-state index contributed by atoms with van der Waals surface area (Å²) in [4.78, 5) is 18.4. The number of nitrogens with zero attached hydrogens (tertiary/aromatic N) is 2. The van der Waals surface area contributed by atoms with E-state index in [9.17, 15) is 4.79 Å². The zero-order chi connectivity index (χ0) is 14.8. The van der Waals surface area contributed by atoms with Crippen molar-refractivity contribution >= 4 is 17.5 Å². The Bertz CT molecular complexity index is 671. The van der Waals surface area contributed by atoms with Gasteiger partial charge in [0, 0.05) is 24.3 Å². The van der Waals surface area contributed by atoms with Crippen LogP contribution in [0.2, 0.25) is 5.02 Å². The molecular weight excluding hydrogens is 284 g/mol. The van der Waals surface area contributed by atoms with Crippen molar-refractivity contribution in [1.29, 1.82) is 0 Å². The van der Waals surface area contributed by atoms with Crippen molar-refractivity contribution in [2.24, 2.45) is 0 Å². The minimum atomic E-state index is -0.0677. The normalized spacial score (nSPS) is 17.1. The first-order valence-electron chi connectivity index (χ1n) is 7.10. The van der Waals surface area contributed by atoms with Crippen molar-refractivity contribution in [2.75, 3.05) is 7.05 Å². The molecule has 4 heteroatoms. The van der Waals surface area contributed by atoms with Crippen molar-refractivity contribution < 1.29 is 4.79 Å². The third-order valence-corrected chi connectivity index (χ3v) is 4.37. The minimum absolute atomic E-state index is 0.0677. The van der Waals surface area contributed by atoms with E-state index in [2.05, 4.69) is 29.2 Å². The lowest BCUT2D eigenvalue weighted by Gasteiger charge is -2.32. The van der Waals surface area contributed by atoms with Gasteiger partial charge in [0.25, 0.3) is 5.91 Å². The van der Waals surface area contributed by atoms with Crippen LogP contribution in [0, 0.1) is 0 Å². The third kappa shape index (κ3) is 2.93. The van der Waals surface area contributed by atoms with Gasteiger partial charge in [0.05, 0.1) is 0 Å². The fourth-order valence-corrected chi connectivity index (χ4v) is 3.04. The number of carbonyl (C=O) groups is 1. The van der Waals surface area contributed by atoms with E-state index < -0.39 is 0 Å². The van der Waals surface area contributed by atoms with E-state index in [1.807, 2.05) is 7.05 Å². The van der Waals surface area contributed by atoms with Crippen LogP contribution >= 0.6 is 11.6 Å². The molecule has 1 amide bonds. The van der Waals surface area contributed by atoms with Gasteiger partial charge in [-0.25, -0.2) is 0 Å². The first-order chi connectivity index (χ1) is 10.1. The van der Waals surface area contributed by atoms with Gasteiger partial charge in [-0.05, 0) is 42.5 Å². The largest absolute Gasteiger partial charge is 0.337 e. The summed E-state index contributed by atoms with van der Waals surface area (Å²) < 4.78 is 0. The molecule has 1 aliphatic rings. The van der Waals surface area contributed by atoms with Crippen LogP contribution in [-0.4, -0.2) is 28.9 Å². The molecule has 108 valence electrons. The van der Waals surface area contributed by atoms with Crippen molar-refractivity contribution in [1.82, 2.24) is 9.88 Å². The molecule has 0 N–H and O–H groups in total. The fraction of sp³-hybridized carbons (Fsp3) is 0.294. The smallest absolute Gasteiger partial charge is 0.272 e. The molecule has 0 unspecified atom stereocenters. The maximum absolute atomic E-state index is 12.5. The van der Waals surface area contributed by atoms with E-state index in [-0.39, 0.29) is 11.9 Å². The SMILES string of the molecule is CN(C(=O)c1cc(Cl)ccn1)[C@@H]1CCc2ccccc2C1. The van der Waals surface area contributed by atoms with Crippen LogP contribution in [0.25, 0.3) is 0 Å². The van der Waals surface area contributed by atoms with Crippen LogP contribution in [0.15, 0.2) is 42.6 Å². The average Bonchev–Trinajstić information content (AvgIpc) is 2.53. The predicted molar refractivity (Wildman–Crippen MR) is 83.6 cm³/mol. The number of hydrogen-bond donors (Lipinski definition) is 0. The topological polar surface area (TPSA) is 33.2 Å². The van der Waals surface area contributed by atoms with Crippen LogP contribution in [0.5, 0.6) is 0 Å². The van der Waals surface area contributed by atoms with Crippen LogP contribution in [0.4, 0.5) is 0 Å². The molecule has 21 heavy (non-hydrogen) atoms. The number of benzene rings is 1. The molecule has 3 nitrogen and oxygen atoms in total. The summed E-state index contributed by atoms with van der Waals surface area (Å²) in [6.45, 7) is 0. The maximum Gasteiger partial charge on any atom is 0.272 e. The highest BCUT2D eigenvalue weighted by atomic mass is 35.5. The maximum atomic E-state index is 12.5. The fourth-order valence-electron chi connectivity index (χ4n) is 2.88. The van der Waals surface area contributed by atoms with Crippen molar-refractivity contribution in [2.45, 2.75) is 25.3 Å². The summed E-state index contributed by atoms with van der Waals surface area (Å²) in [5.74, 6) is -0.0677. The minimum Gasteiger partial charge on any atom is -0.337 e. The Hall–Kier alpha value is -1.87. The van der Waals surface area contributed by atoms with E-state index in [0.717, 1.165) is 19.3 Å². The molecule has 3 rings (SSSR count). The highest BCUT2D eigenvalue weighted by molar-refractivity contribution is 6.30. The third-order valence-electron chi connectivity index (χ3n) is 4.13. The van der Waals surface area contributed by atoms with Crippen LogP contribution in [0.1, 0.15) is 28.0 Å². The average molecular weight is 301 g/mol. The number of rotatable bonds is 2. The molecule has 0 aliphatic heterocycles. The summed E-state index contributed by atoms with van der Waals surface area (Å²) in [5.41, 5.74) is 3.15. The molecule has 2 aromatic rings. The number of amides is 1. The van der Waals surface area contributed by atoms with Crippen molar-refractivity contribution in [3.05, 3.63) is 64.4 Å². The highest BCUT2D eigenvalue weighted by Crippen LogP contribution is 2.24. The molecule has 1 heterocycles. The van der Waals surface area contributed by atoms with Gasteiger partial charge in [-0.3, -0.25) is 9.78 Å². The number of likely N-dealkylation sites (N-methyl/N-ethyl adjacent to an activating group) is 1. The summed E-state index contributed by atoms with van der Waals surface area (Å²) in [6.07, 6.45) is 4.47. The van der Waals surface area contributed by atoms with Gasteiger partial charge < -0.3 is 4.90 Å². The molecular formula is C17H17ClN2O. The number of pyridine rings is 1. The number of halogens is 1. The van der Waals surface area contributed by atoms with Gasteiger partial charge in [-0.2, -0.15) is 0 Å². The number of fused-ring (bicyclic) bond motifs is 1. The van der Waals surface area contributed by atoms with E-state index in [1.165, 1.54) is 11.1 Å². The van der Waals surface area contributed by atoms with E-state index in [1.54, 1.807) is 23.2 Å². The van der Waals surface area contributed by atoms with Gasteiger partial charge in [0.2, 0.25) is 0 Å². The molecule has 1 aromatic heterocycles. The zero-order valence-corrected chi connectivity index (χ0v) is 12.7. The van der Waals surface area contributed by atoms with E-state index in [4.69, 9.17) is 11.6 Å². The van der Waals surface area contributed by atoms with Gasteiger partial charge in [0.15, 0.2) is 0 Å². The summed E-state index contributed by atoms with van der Waals surface area (Å²) >= 11 is 5.94. The Kier molecular flexibility index (Phi) is 3.93. The molecule has 0 fully saturated rings. The second kappa shape index (κ2) is 5.86. The number of hydrogen-bond acceptors (Lipinski definition) is 2. The molecule has 0 bridgehead atoms. The Morgan fingerprint density at radius 1 is 1.29 bits per heavy atom. The van der Waals surface area contributed by atoms with Crippen molar-refractivity contribution in [3.8, 4) is 0 Å². The molecule has 1 aromatic carbocycles. The predicted octanol–water partition coefficient (Wildman–Crippen LogP) is 3.36. The Balaban J connectivity index is 1.77. The Labute approximate surface area is 129 Å². The number of aromatic nitrogens is 1. The van der Waals surface area contributed by atoms with Gasteiger partial charge in [-0.1, -0.05) is 35.9 Å². The van der Waals surface area contributed by atoms with E-state index in [0.29, 0.717) is 10.7 Å². The number of carbonyl (C=O) groups excluding carboxylic acids is 1. The molecule has 0 radical (unpaired) electrons. The highest BCUT2D eigenvalue weighted by Gasteiger charge is 2.26. The van der Waals surface area contributed by atoms with Gasteiger partial charge in [-0.15, -0.1) is 0 Å². The lowest BCUT2D eigenvalue weighted by Crippen LogP contribution is -2.40. The first-order valence-corrected chi connectivity index (χ1v) is 7.48. The molecule has 0 saturated carbocycles. The molecule has 1 atom stereocenters. The first kappa shape index (κ1) is 14.1. The second-order valence-corrected chi connectivity index (χ2v) is 5.88. The number of aryl methyl sites for hydroxylation is 1. The van der Waals surface area contributed by atoms with Gasteiger partial charge >= 0.3 is 0 Å². The van der Waals surface area contributed by atoms with E-state index >= 15 is 0 Å². The van der Waals surface area contributed by atoms with Crippen LogP contribution in [0.3, 0.4) is 0 Å². The molecule has 0 spiro atoms. The Morgan fingerprint density at radius 2 is 2.05 bits per heavy atom. The lowest BCUT2D eigenvalue weighted by atomic mass is 9.87. The lowest BCUT2D eigenvalue weighted by molar-refractivity contribution is 0.0713. The monoisotopic (exact) mass is 300 g/mol.